The Morgan fingerprint density at radius 3 is 3.25 bits per heavy atom. The Hall–Kier alpha value is -1.40. The van der Waals surface area contributed by atoms with Crippen LogP contribution < -0.4 is 10.6 Å². The van der Waals surface area contributed by atoms with Gasteiger partial charge in [-0.05, 0) is 7.05 Å². The fourth-order valence-corrected chi connectivity index (χ4v) is 1.79. The molecule has 0 radical (unpaired) electrons. The maximum Gasteiger partial charge on any atom is 0.227 e. The molecular formula is C10H16N4O2. The van der Waals surface area contributed by atoms with E-state index in [0.29, 0.717) is 19.8 Å². The number of carbonyl (C=O) groups excluding carboxylic acids is 1. The standard InChI is InChI=1S/C10H16N4O2/c1-11-9-6-16-5-8(9)10(15)12-2-7-3-13-14-4-7/h3-4,8-9,11H,2,5-6H2,1H3,(H,12,15)(H,13,14). The molecule has 6 nitrogen and oxygen atoms in total. The number of H-pyrrole nitrogens is 1. The highest BCUT2D eigenvalue weighted by Crippen LogP contribution is 2.13. The minimum atomic E-state index is -0.100. The van der Waals surface area contributed by atoms with Gasteiger partial charge in [0.2, 0.25) is 5.91 Å². The summed E-state index contributed by atoms with van der Waals surface area (Å²) in [6.07, 6.45) is 3.46. The minimum absolute atomic E-state index is 0.0260. The molecule has 1 aromatic heterocycles. The average molecular weight is 224 g/mol. The normalized spacial score (nSPS) is 24.6. The van der Waals surface area contributed by atoms with Crippen LogP contribution in [0, 0.1) is 5.92 Å². The lowest BCUT2D eigenvalue weighted by atomic mass is 10.0. The molecule has 3 N–H and O–H groups in total. The number of likely N-dealkylation sites (N-methyl/N-ethyl adjacent to an activating group) is 1. The fraction of sp³-hybridized carbons (Fsp3) is 0.600. The first kappa shape index (κ1) is 11.1. The van der Waals surface area contributed by atoms with Crippen molar-refractivity contribution in [1.29, 1.82) is 0 Å². The Bertz CT molecular complexity index is 339. The van der Waals surface area contributed by atoms with E-state index in [9.17, 15) is 4.79 Å². The van der Waals surface area contributed by atoms with Crippen LogP contribution in [0.3, 0.4) is 0 Å². The number of hydrogen-bond acceptors (Lipinski definition) is 4. The van der Waals surface area contributed by atoms with E-state index in [-0.39, 0.29) is 17.9 Å². The molecule has 0 saturated carbocycles. The molecule has 0 bridgehead atoms. The largest absolute Gasteiger partial charge is 0.379 e. The third-order valence-corrected chi connectivity index (χ3v) is 2.81. The van der Waals surface area contributed by atoms with Crippen molar-refractivity contribution in [2.24, 2.45) is 5.92 Å². The van der Waals surface area contributed by atoms with Crippen molar-refractivity contribution < 1.29 is 9.53 Å². The molecular weight excluding hydrogens is 208 g/mol. The highest BCUT2D eigenvalue weighted by atomic mass is 16.5. The number of aromatic nitrogens is 2. The third-order valence-electron chi connectivity index (χ3n) is 2.81. The number of ether oxygens (including phenoxy) is 1. The van der Waals surface area contributed by atoms with Gasteiger partial charge >= 0.3 is 0 Å². The number of nitrogens with one attached hydrogen (secondary N) is 3. The molecule has 0 aliphatic carbocycles. The maximum absolute atomic E-state index is 11.8. The topological polar surface area (TPSA) is 79.0 Å². The van der Waals surface area contributed by atoms with Gasteiger partial charge in [0.1, 0.15) is 0 Å². The molecule has 1 aromatic rings. The van der Waals surface area contributed by atoms with Crippen LogP contribution in [0.25, 0.3) is 0 Å². The van der Waals surface area contributed by atoms with E-state index in [1.165, 1.54) is 0 Å². The molecule has 1 aliphatic rings. The van der Waals surface area contributed by atoms with E-state index in [4.69, 9.17) is 4.74 Å². The van der Waals surface area contributed by atoms with Gasteiger partial charge in [-0.2, -0.15) is 5.10 Å². The second kappa shape index (κ2) is 5.09. The van der Waals surface area contributed by atoms with Crippen molar-refractivity contribution >= 4 is 5.91 Å². The number of hydrogen-bond donors (Lipinski definition) is 3. The van der Waals surface area contributed by atoms with Gasteiger partial charge in [-0.15, -0.1) is 0 Å². The molecule has 1 saturated heterocycles. The van der Waals surface area contributed by atoms with Crippen LogP contribution in [0.4, 0.5) is 0 Å². The zero-order chi connectivity index (χ0) is 11.4. The van der Waals surface area contributed by atoms with Gasteiger partial charge in [0.15, 0.2) is 0 Å². The molecule has 16 heavy (non-hydrogen) atoms. The molecule has 1 aliphatic heterocycles. The van der Waals surface area contributed by atoms with Crippen LogP contribution in [0.2, 0.25) is 0 Å². The fourth-order valence-electron chi connectivity index (χ4n) is 1.79. The maximum atomic E-state index is 11.8. The van der Waals surface area contributed by atoms with Crippen molar-refractivity contribution in [3.05, 3.63) is 18.0 Å². The molecule has 2 rings (SSSR count). The van der Waals surface area contributed by atoms with Gasteiger partial charge in [0, 0.05) is 24.3 Å². The third kappa shape index (κ3) is 2.40. The summed E-state index contributed by atoms with van der Waals surface area (Å²) >= 11 is 0. The zero-order valence-corrected chi connectivity index (χ0v) is 9.19. The summed E-state index contributed by atoms with van der Waals surface area (Å²) in [5, 5.41) is 12.5. The first-order chi connectivity index (χ1) is 7.81. The Kier molecular flexibility index (Phi) is 3.53. The van der Waals surface area contributed by atoms with Gasteiger partial charge in [-0.25, -0.2) is 0 Å². The molecule has 2 unspecified atom stereocenters. The van der Waals surface area contributed by atoms with E-state index in [0.717, 1.165) is 5.56 Å². The van der Waals surface area contributed by atoms with Crippen molar-refractivity contribution in [1.82, 2.24) is 20.8 Å². The molecule has 0 aromatic carbocycles. The van der Waals surface area contributed by atoms with Crippen LogP contribution in [0.15, 0.2) is 12.4 Å². The van der Waals surface area contributed by atoms with E-state index in [2.05, 4.69) is 20.8 Å². The van der Waals surface area contributed by atoms with Gasteiger partial charge in [0.05, 0.1) is 25.3 Å². The second-order valence-electron chi connectivity index (χ2n) is 3.86. The number of amides is 1. The molecule has 2 atom stereocenters. The van der Waals surface area contributed by atoms with E-state index in [1.807, 2.05) is 7.05 Å². The van der Waals surface area contributed by atoms with Gasteiger partial charge < -0.3 is 15.4 Å². The Labute approximate surface area is 93.8 Å². The average Bonchev–Trinajstić information content (AvgIpc) is 2.96. The summed E-state index contributed by atoms with van der Waals surface area (Å²) in [4.78, 5) is 11.8. The van der Waals surface area contributed by atoms with Gasteiger partial charge in [-0.3, -0.25) is 9.89 Å². The summed E-state index contributed by atoms with van der Waals surface area (Å²) in [7, 11) is 1.84. The van der Waals surface area contributed by atoms with Crippen LogP contribution in [-0.4, -0.2) is 42.4 Å². The van der Waals surface area contributed by atoms with Crippen LogP contribution in [-0.2, 0) is 16.1 Å². The second-order valence-corrected chi connectivity index (χ2v) is 3.86. The molecule has 0 spiro atoms. The van der Waals surface area contributed by atoms with E-state index < -0.39 is 0 Å². The zero-order valence-electron chi connectivity index (χ0n) is 9.19. The Balaban J connectivity index is 1.83. The van der Waals surface area contributed by atoms with Gasteiger partial charge in [-0.1, -0.05) is 0 Å². The molecule has 2 heterocycles. The van der Waals surface area contributed by atoms with E-state index >= 15 is 0 Å². The SMILES string of the molecule is CNC1COCC1C(=O)NCc1cn[nH]c1. The minimum Gasteiger partial charge on any atom is -0.379 e. The number of aromatic amines is 1. The molecule has 6 heteroatoms. The summed E-state index contributed by atoms with van der Waals surface area (Å²) in [5.74, 6) is -0.0741. The lowest BCUT2D eigenvalue weighted by Gasteiger charge is -2.15. The number of rotatable bonds is 4. The van der Waals surface area contributed by atoms with Crippen molar-refractivity contribution in [3.8, 4) is 0 Å². The predicted molar refractivity (Wildman–Crippen MR) is 57.6 cm³/mol. The predicted octanol–water partition coefficient (Wildman–Crippen LogP) is -0.740. The molecule has 88 valence electrons. The summed E-state index contributed by atoms with van der Waals surface area (Å²) in [6.45, 7) is 1.59. The van der Waals surface area contributed by atoms with Crippen molar-refractivity contribution in [3.63, 3.8) is 0 Å². The lowest BCUT2D eigenvalue weighted by Crippen LogP contribution is -2.42. The summed E-state index contributed by atoms with van der Waals surface area (Å²) in [6, 6.07) is 0.115. The highest BCUT2D eigenvalue weighted by molar-refractivity contribution is 5.79. The summed E-state index contributed by atoms with van der Waals surface area (Å²) in [5.41, 5.74) is 0.966. The Morgan fingerprint density at radius 1 is 1.69 bits per heavy atom. The van der Waals surface area contributed by atoms with Crippen LogP contribution in [0.1, 0.15) is 5.56 Å². The number of carbonyl (C=O) groups is 1. The number of nitrogens with zero attached hydrogens (tertiary/aromatic N) is 1. The smallest absolute Gasteiger partial charge is 0.227 e. The Morgan fingerprint density at radius 2 is 2.56 bits per heavy atom. The van der Waals surface area contributed by atoms with Crippen molar-refractivity contribution in [2.75, 3.05) is 20.3 Å². The first-order valence-electron chi connectivity index (χ1n) is 5.31. The molecule has 1 fully saturated rings. The van der Waals surface area contributed by atoms with Crippen LogP contribution in [0.5, 0.6) is 0 Å². The van der Waals surface area contributed by atoms with E-state index in [1.54, 1.807) is 12.4 Å². The van der Waals surface area contributed by atoms with Crippen molar-refractivity contribution in [2.45, 2.75) is 12.6 Å². The quantitative estimate of drug-likeness (QED) is 0.629. The first-order valence-corrected chi connectivity index (χ1v) is 5.31. The monoisotopic (exact) mass is 224 g/mol. The lowest BCUT2D eigenvalue weighted by molar-refractivity contribution is -0.125. The van der Waals surface area contributed by atoms with Crippen LogP contribution >= 0.6 is 0 Å². The molecule has 1 amide bonds. The van der Waals surface area contributed by atoms with Gasteiger partial charge in [0.25, 0.3) is 0 Å². The summed E-state index contributed by atoms with van der Waals surface area (Å²) < 4.78 is 5.28. The highest BCUT2D eigenvalue weighted by Gasteiger charge is 2.32.